The molecule has 4 amide bonds. The average Bonchev–Trinajstić information content (AvgIpc) is 3.49. The van der Waals surface area contributed by atoms with Crippen LogP contribution in [-0.2, 0) is 25.7 Å². The molecule has 0 aliphatic carbocycles. The van der Waals surface area contributed by atoms with E-state index in [1.807, 2.05) is 71.3 Å². The quantitative estimate of drug-likeness (QED) is 0.338. The minimum atomic E-state index is -0.971. The number of nitrogens with one attached hydrogen (secondary N) is 3. The number of aliphatic hydroxyl groups is 1. The number of benzene rings is 1. The van der Waals surface area contributed by atoms with Crippen LogP contribution in [0.3, 0.4) is 0 Å². The molecule has 2 heterocycles. The SMILES string of the molecule is CC(=O)N[C@@H](CC(C)C)C(=O)N[C@H](C(=O)N1C[C@H](O)C[C@H]1C(=O)NCc1ccc(-c2scnc2C)cc1)C(C)(C)C. The van der Waals surface area contributed by atoms with Gasteiger partial charge in [0, 0.05) is 26.4 Å². The molecule has 10 nitrogen and oxygen atoms in total. The number of aliphatic hydroxyl groups excluding tert-OH is 1. The molecule has 1 aliphatic rings. The van der Waals surface area contributed by atoms with Crippen molar-refractivity contribution in [3.8, 4) is 10.4 Å². The lowest BCUT2D eigenvalue weighted by Gasteiger charge is -2.36. The molecule has 0 radical (unpaired) electrons. The van der Waals surface area contributed by atoms with E-state index in [-0.39, 0.29) is 37.2 Å². The van der Waals surface area contributed by atoms with Crippen molar-refractivity contribution in [2.45, 2.75) is 92.1 Å². The second-order valence-electron chi connectivity index (χ2n) is 12.3. The van der Waals surface area contributed by atoms with Crippen LogP contribution in [0.15, 0.2) is 29.8 Å². The van der Waals surface area contributed by atoms with Gasteiger partial charge in [-0.05, 0) is 35.8 Å². The topological polar surface area (TPSA) is 141 Å². The van der Waals surface area contributed by atoms with Gasteiger partial charge in [-0.1, -0.05) is 58.9 Å². The van der Waals surface area contributed by atoms with Gasteiger partial charge in [-0.25, -0.2) is 4.98 Å². The smallest absolute Gasteiger partial charge is 0.246 e. The van der Waals surface area contributed by atoms with E-state index in [4.69, 9.17) is 0 Å². The van der Waals surface area contributed by atoms with Crippen molar-refractivity contribution in [2.75, 3.05) is 6.54 Å². The molecule has 11 heteroatoms. The number of nitrogens with zero attached hydrogens (tertiary/aromatic N) is 2. The fourth-order valence-electron chi connectivity index (χ4n) is 4.97. The Morgan fingerprint density at radius 2 is 1.78 bits per heavy atom. The minimum absolute atomic E-state index is 0.0105. The second kappa shape index (κ2) is 13.6. The van der Waals surface area contributed by atoms with E-state index < -0.39 is 41.5 Å². The Morgan fingerprint density at radius 3 is 2.32 bits per heavy atom. The number of likely N-dealkylation sites (tertiary alicyclic amines) is 1. The van der Waals surface area contributed by atoms with Gasteiger partial charge in [-0.15, -0.1) is 11.3 Å². The minimum Gasteiger partial charge on any atom is -0.391 e. The summed E-state index contributed by atoms with van der Waals surface area (Å²) in [5.41, 5.74) is 4.04. The number of aromatic nitrogens is 1. The number of rotatable bonds is 10. The highest BCUT2D eigenvalue weighted by Crippen LogP contribution is 2.28. The molecule has 0 spiro atoms. The van der Waals surface area contributed by atoms with Gasteiger partial charge in [-0.3, -0.25) is 19.2 Å². The van der Waals surface area contributed by atoms with Crippen molar-refractivity contribution in [3.05, 3.63) is 41.0 Å². The first-order valence-corrected chi connectivity index (χ1v) is 14.9. The number of thiazole rings is 1. The lowest BCUT2D eigenvalue weighted by atomic mass is 9.85. The van der Waals surface area contributed by atoms with Crippen molar-refractivity contribution in [1.29, 1.82) is 0 Å². The van der Waals surface area contributed by atoms with Crippen LogP contribution >= 0.6 is 11.3 Å². The van der Waals surface area contributed by atoms with Crippen LogP contribution in [-0.4, -0.2) is 69.4 Å². The summed E-state index contributed by atoms with van der Waals surface area (Å²) in [6, 6.07) is 5.22. The zero-order chi connectivity index (χ0) is 30.5. The Bertz CT molecular complexity index is 1240. The molecule has 1 aromatic heterocycles. The van der Waals surface area contributed by atoms with Crippen LogP contribution in [0.5, 0.6) is 0 Å². The summed E-state index contributed by atoms with van der Waals surface area (Å²) in [7, 11) is 0. The van der Waals surface area contributed by atoms with Crippen LogP contribution in [0.25, 0.3) is 10.4 Å². The standard InChI is InChI=1S/C30H43N5O5S/c1-17(2)12-23(33-19(4)36)27(38)34-26(30(5,6)7)29(40)35-15-22(37)13-24(35)28(39)31-14-20-8-10-21(11-9-20)25-18(3)32-16-41-25/h8-11,16-17,22-24,26,37H,12-15H2,1-7H3,(H,31,39)(H,33,36)(H,34,38)/t22-,23+,24+,26-/m1/s1. The predicted molar refractivity (Wildman–Crippen MR) is 159 cm³/mol. The van der Waals surface area contributed by atoms with Crippen LogP contribution < -0.4 is 16.0 Å². The van der Waals surface area contributed by atoms with Gasteiger partial charge in [0.25, 0.3) is 0 Å². The number of amides is 4. The van der Waals surface area contributed by atoms with E-state index in [1.165, 1.54) is 11.8 Å². The normalized spacial score (nSPS) is 18.6. The summed E-state index contributed by atoms with van der Waals surface area (Å²) >= 11 is 1.57. The molecular weight excluding hydrogens is 542 g/mol. The van der Waals surface area contributed by atoms with Gasteiger partial charge in [-0.2, -0.15) is 0 Å². The third-order valence-corrected chi connectivity index (χ3v) is 8.07. The first-order valence-electron chi connectivity index (χ1n) is 14.0. The van der Waals surface area contributed by atoms with Gasteiger partial charge < -0.3 is 26.0 Å². The molecule has 0 unspecified atom stereocenters. The maximum absolute atomic E-state index is 13.8. The van der Waals surface area contributed by atoms with E-state index in [0.717, 1.165) is 21.7 Å². The summed E-state index contributed by atoms with van der Waals surface area (Å²) in [6.45, 7) is 12.9. The molecule has 224 valence electrons. The van der Waals surface area contributed by atoms with Crippen molar-refractivity contribution >= 4 is 35.0 Å². The van der Waals surface area contributed by atoms with Crippen molar-refractivity contribution < 1.29 is 24.3 Å². The fourth-order valence-corrected chi connectivity index (χ4v) is 5.78. The third kappa shape index (κ3) is 8.59. The average molecular weight is 586 g/mol. The lowest BCUT2D eigenvalue weighted by Crippen LogP contribution is -2.60. The Kier molecular flexibility index (Phi) is 10.7. The molecule has 41 heavy (non-hydrogen) atoms. The van der Waals surface area contributed by atoms with E-state index in [2.05, 4.69) is 20.9 Å². The van der Waals surface area contributed by atoms with Crippen LogP contribution in [0.4, 0.5) is 0 Å². The van der Waals surface area contributed by atoms with Crippen LogP contribution in [0.1, 0.15) is 65.6 Å². The van der Waals surface area contributed by atoms with Crippen molar-refractivity contribution in [3.63, 3.8) is 0 Å². The second-order valence-corrected chi connectivity index (χ2v) is 13.1. The molecule has 4 N–H and O–H groups in total. The largest absolute Gasteiger partial charge is 0.391 e. The summed E-state index contributed by atoms with van der Waals surface area (Å²) in [5, 5.41) is 18.8. The number of hydrogen-bond acceptors (Lipinski definition) is 7. The number of carbonyl (C=O) groups is 4. The fraction of sp³-hybridized carbons (Fsp3) is 0.567. The zero-order valence-corrected chi connectivity index (χ0v) is 25.8. The first-order chi connectivity index (χ1) is 19.2. The monoisotopic (exact) mass is 585 g/mol. The summed E-state index contributed by atoms with van der Waals surface area (Å²) in [5.74, 6) is -1.47. The van der Waals surface area contributed by atoms with E-state index in [1.54, 1.807) is 11.3 Å². The molecule has 1 aliphatic heterocycles. The Balaban J connectivity index is 1.71. The molecule has 1 aromatic carbocycles. The van der Waals surface area contributed by atoms with Gasteiger partial charge in [0.15, 0.2) is 0 Å². The van der Waals surface area contributed by atoms with Gasteiger partial charge >= 0.3 is 0 Å². The lowest BCUT2D eigenvalue weighted by molar-refractivity contribution is -0.144. The molecular formula is C30H43N5O5S. The molecule has 0 bridgehead atoms. The van der Waals surface area contributed by atoms with Gasteiger partial charge in [0.05, 0.1) is 22.2 Å². The molecule has 0 saturated carbocycles. The number of aryl methyl sites for hydroxylation is 1. The predicted octanol–water partition coefficient (Wildman–Crippen LogP) is 2.78. The molecule has 2 aromatic rings. The first kappa shape index (κ1) is 32.2. The highest BCUT2D eigenvalue weighted by Gasteiger charge is 2.45. The van der Waals surface area contributed by atoms with Crippen molar-refractivity contribution in [2.24, 2.45) is 11.3 Å². The molecule has 1 saturated heterocycles. The number of β-amino-alcohol motifs (C(OH)–C–C–N with tert-alkyl or cyclic N) is 1. The Hall–Kier alpha value is -3.31. The summed E-state index contributed by atoms with van der Waals surface area (Å²) in [4.78, 5) is 58.8. The maximum atomic E-state index is 13.8. The van der Waals surface area contributed by atoms with E-state index >= 15 is 0 Å². The Morgan fingerprint density at radius 1 is 1.12 bits per heavy atom. The van der Waals surface area contributed by atoms with E-state index in [9.17, 15) is 24.3 Å². The third-order valence-electron chi connectivity index (χ3n) is 7.09. The van der Waals surface area contributed by atoms with Crippen LogP contribution in [0, 0.1) is 18.3 Å². The number of carbonyl (C=O) groups excluding carboxylic acids is 4. The summed E-state index contributed by atoms with van der Waals surface area (Å²) < 4.78 is 0. The molecule has 3 rings (SSSR count). The molecule has 4 atom stereocenters. The van der Waals surface area contributed by atoms with Gasteiger partial charge in [0.1, 0.15) is 18.1 Å². The zero-order valence-electron chi connectivity index (χ0n) is 25.0. The molecule has 1 fully saturated rings. The highest BCUT2D eigenvalue weighted by atomic mass is 32.1. The van der Waals surface area contributed by atoms with Crippen LogP contribution in [0.2, 0.25) is 0 Å². The number of hydrogen-bond donors (Lipinski definition) is 4. The maximum Gasteiger partial charge on any atom is 0.246 e. The van der Waals surface area contributed by atoms with Crippen molar-refractivity contribution in [1.82, 2.24) is 25.8 Å². The Labute approximate surface area is 246 Å². The summed E-state index contributed by atoms with van der Waals surface area (Å²) in [6.07, 6.45) is -0.344. The highest BCUT2D eigenvalue weighted by molar-refractivity contribution is 7.13. The van der Waals surface area contributed by atoms with E-state index in [0.29, 0.717) is 6.42 Å². The van der Waals surface area contributed by atoms with Gasteiger partial charge in [0.2, 0.25) is 23.6 Å².